The first-order chi connectivity index (χ1) is 11.0. The normalized spacial score (nSPS) is 22.0. The average Bonchev–Trinajstić information content (AvgIpc) is 2.86. The molecule has 2 heterocycles. The van der Waals surface area contributed by atoms with E-state index in [0.717, 1.165) is 24.8 Å². The van der Waals surface area contributed by atoms with Crippen LogP contribution in [0.4, 0.5) is 0 Å². The third-order valence-electron chi connectivity index (χ3n) is 5.27. The van der Waals surface area contributed by atoms with Gasteiger partial charge in [0, 0.05) is 31.6 Å². The van der Waals surface area contributed by atoms with Crippen LogP contribution in [0.2, 0.25) is 0 Å². The van der Waals surface area contributed by atoms with E-state index >= 15 is 0 Å². The number of piperidine rings is 1. The van der Waals surface area contributed by atoms with Gasteiger partial charge in [-0.05, 0) is 31.7 Å². The van der Waals surface area contributed by atoms with Gasteiger partial charge in [0.1, 0.15) is 0 Å². The molecule has 0 bridgehead atoms. The Morgan fingerprint density at radius 2 is 1.74 bits per heavy atom. The highest BCUT2D eigenvalue weighted by atomic mass is 32.2. The zero-order chi connectivity index (χ0) is 16.5. The second kappa shape index (κ2) is 6.24. The summed E-state index contributed by atoms with van der Waals surface area (Å²) in [5, 5.41) is 0. The number of benzene rings is 1. The second-order valence-corrected chi connectivity index (χ2v) is 8.75. The van der Waals surface area contributed by atoms with E-state index in [9.17, 15) is 13.2 Å². The molecule has 1 aromatic rings. The number of rotatable bonds is 4. The van der Waals surface area contributed by atoms with E-state index in [2.05, 4.69) is 0 Å². The molecule has 6 heteroatoms. The molecule has 2 fully saturated rings. The number of nitrogens with zero attached hydrogens (tertiary/aromatic N) is 2. The highest BCUT2D eigenvalue weighted by Crippen LogP contribution is 2.40. The molecule has 0 radical (unpaired) electrons. The molecule has 0 aliphatic carbocycles. The van der Waals surface area contributed by atoms with E-state index in [0.29, 0.717) is 26.1 Å². The van der Waals surface area contributed by atoms with Crippen molar-refractivity contribution in [2.24, 2.45) is 0 Å². The van der Waals surface area contributed by atoms with E-state index in [1.165, 1.54) is 0 Å². The Balaban J connectivity index is 1.75. The summed E-state index contributed by atoms with van der Waals surface area (Å²) < 4.78 is 25.7. The minimum absolute atomic E-state index is 0.145. The molecular weight excluding hydrogens is 312 g/mol. The minimum Gasteiger partial charge on any atom is -0.333 e. The first kappa shape index (κ1) is 16.5. The lowest BCUT2D eigenvalue weighted by molar-refractivity contribution is -0.133. The molecule has 1 aromatic carbocycles. The number of likely N-dealkylation sites (tertiary alicyclic amines) is 1. The molecule has 0 unspecified atom stereocenters. The monoisotopic (exact) mass is 336 g/mol. The van der Waals surface area contributed by atoms with Crippen molar-refractivity contribution in [2.45, 2.75) is 44.7 Å². The van der Waals surface area contributed by atoms with E-state index in [1.807, 2.05) is 35.2 Å². The smallest absolute Gasteiger partial charge is 0.223 e. The largest absolute Gasteiger partial charge is 0.333 e. The molecular formula is C17H24N2O3S. The molecule has 2 aliphatic rings. The van der Waals surface area contributed by atoms with Gasteiger partial charge in [-0.15, -0.1) is 0 Å². The quantitative estimate of drug-likeness (QED) is 0.845. The zero-order valence-electron chi connectivity index (χ0n) is 13.6. The highest BCUT2D eigenvalue weighted by molar-refractivity contribution is 7.89. The summed E-state index contributed by atoms with van der Waals surface area (Å²) in [6, 6.07) is 10.0. The number of sulfonamides is 1. The van der Waals surface area contributed by atoms with Crippen molar-refractivity contribution in [3.8, 4) is 0 Å². The summed E-state index contributed by atoms with van der Waals surface area (Å²) in [6.07, 6.45) is 2.90. The van der Waals surface area contributed by atoms with Gasteiger partial charge in [0.05, 0.1) is 5.75 Å². The summed E-state index contributed by atoms with van der Waals surface area (Å²) in [6.45, 7) is 3.35. The average molecular weight is 336 g/mol. The van der Waals surface area contributed by atoms with Crippen LogP contribution in [-0.2, 0) is 21.4 Å². The maximum Gasteiger partial charge on any atom is 0.223 e. The molecule has 1 amide bonds. The number of hydrogen-bond donors (Lipinski definition) is 0. The van der Waals surface area contributed by atoms with Crippen LogP contribution >= 0.6 is 0 Å². The molecule has 0 atom stereocenters. The van der Waals surface area contributed by atoms with Crippen LogP contribution in [0.5, 0.6) is 0 Å². The first-order valence-electron chi connectivity index (χ1n) is 8.29. The predicted molar refractivity (Wildman–Crippen MR) is 89.2 cm³/mol. The van der Waals surface area contributed by atoms with Crippen LogP contribution in [0.1, 0.15) is 38.2 Å². The van der Waals surface area contributed by atoms with Crippen LogP contribution in [0, 0.1) is 0 Å². The first-order valence-corrected chi connectivity index (χ1v) is 9.90. The summed E-state index contributed by atoms with van der Waals surface area (Å²) in [5.74, 6) is 0.341. The zero-order valence-corrected chi connectivity index (χ0v) is 14.4. The molecule has 0 aromatic heterocycles. The van der Waals surface area contributed by atoms with Crippen molar-refractivity contribution in [3.05, 3.63) is 35.9 Å². The van der Waals surface area contributed by atoms with Gasteiger partial charge < -0.3 is 4.90 Å². The summed E-state index contributed by atoms with van der Waals surface area (Å²) in [4.78, 5) is 14.4. The van der Waals surface area contributed by atoms with Gasteiger partial charge in [-0.1, -0.05) is 30.3 Å². The highest BCUT2D eigenvalue weighted by Gasteiger charge is 2.47. The van der Waals surface area contributed by atoms with Crippen molar-refractivity contribution < 1.29 is 13.2 Å². The molecule has 5 nitrogen and oxygen atoms in total. The van der Waals surface area contributed by atoms with E-state index in [4.69, 9.17) is 0 Å². The van der Waals surface area contributed by atoms with Crippen molar-refractivity contribution in [1.82, 2.24) is 9.21 Å². The van der Waals surface area contributed by atoms with Gasteiger partial charge in [0.2, 0.25) is 15.9 Å². The lowest BCUT2D eigenvalue weighted by atomic mass is 9.85. The van der Waals surface area contributed by atoms with Crippen molar-refractivity contribution in [2.75, 3.05) is 18.8 Å². The molecule has 126 valence electrons. The molecule has 23 heavy (non-hydrogen) atoms. The Labute approximate surface area is 138 Å². The lowest BCUT2D eigenvalue weighted by Gasteiger charge is -2.44. The fourth-order valence-corrected chi connectivity index (χ4v) is 4.88. The Bertz CT molecular complexity index is 664. The Kier molecular flexibility index (Phi) is 4.47. The maximum absolute atomic E-state index is 12.4. The van der Waals surface area contributed by atoms with Gasteiger partial charge in [0.25, 0.3) is 0 Å². The number of hydrogen-bond acceptors (Lipinski definition) is 3. The maximum atomic E-state index is 12.4. The van der Waals surface area contributed by atoms with Crippen LogP contribution < -0.4 is 0 Å². The molecule has 2 aliphatic heterocycles. The van der Waals surface area contributed by atoms with Crippen molar-refractivity contribution in [3.63, 3.8) is 0 Å². The number of carbonyl (C=O) groups is 1. The fraction of sp³-hybridized carbons (Fsp3) is 0.588. The molecule has 3 rings (SSSR count). The van der Waals surface area contributed by atoms with Crippen LogP contribution in [-0.4, -0.2) is 47.9 Å². The van der Waals surface area contributed by atoms with Gasteiger partial charge in [-0.25, -0.2) is 12.7 Å². The Morgan fingerprint density at radius 1 is 1.09 bits per heavy atom. The molecule has 2 saturated heterocycles. The van der Waals surface area contributed by atoms with Gasteiger partial charge in [0.15, 0.2) is 0 Å². The molecule has 0 N–H and O–H groups in total. The predicted octanol–water partition coefficient (Wildman–Crippen LogP) is 1.99. The molecule has 1 spiro atoms. The molecule has 0 saturated carbocycles. The van der Waals surface area contributed by atoms with Crippen molar-refractivity contribution >= 4 is 15.9 Å². The number of amides is 1. The third-order valence-corrected chi connectivity index (χ3v) is 7.15. The van der Waals surface area contributed by atoms with Crippen LogP contribution in [0.3, 0.4) is 0 Å². The Hall–Kier alpha value is -1.40. The SMILES string of the molecule is CCS(=O)(=O)N1CCC2(CCC(=O)N2Cc2ccccc2)CC1. The topological polar surface area (TPSA) is 57.7 Å². The van der Waals surface area contributed by atoms with E-state index in [-0.39, 0.29) is 17.2 Å². The lowest BCUT2D eigenvalue weighted by Crippen LogP contribution is -2.54. The van der Waals surface area contributed by atoms with Crippen LogP contribution in [0.15, 0.2) is 30.3 Å². The Morgan fingerprint density at radius 3 is 2.35 bits per heavy atom. The fourth-order valence-electron chi connectivity index (χ4n) is 3.78. The minimum atomic E-state index is -3.13. The van der Waals surface area contributed by atoms with E-state index in [1.54, 1.807) is 11.2 Å². The number of carbonyl (C=O) groups excluding carboxylic acids is 1. The standard InChI is InChI=1S/C17H24N2O3S/c1-2-23(21,22)18-12-10-17(11-13-18)9-8-16(20)19(17)14-15-6-4-3-5-7-15/h3-7H,2,8-14H2,1H3. The van der Waals surface area contributed by atoms with Gasteiger partial charge >= 0.3 is 0 Å². The summed E-state index contributed by atoms with van der Waals surface area (Å²) in [7, 11) is -3.13. The third kappa shape index (κ3) is 3.15. The van der Waals surface area contributed by atoms with Crippen LogP contribution in [0.25, 0.3) is 0 Å². The van der Waals surface area contributed by atoms with E-state index < -0.39 is 10.0 Å². The summed E-state index contributed by atoms with van der Waals surface area (Å²) >= 11 is 0. The summed E-state index contributed by atoms with van der Waals surface area (Å²) in [5.41, 5.74) is 0.970. The van der Waals surface area contributed by atoms with Gasteiger partial charge in [-0.2, -0.15) is 0 Å². The van der Waals surface area contributed by atoms with Gasteiger partial charge in [-0.3, -0.25) is 4.79 Å². The second-order valence-electron chi connectivity index (χ2n) is 6.49. The van der Waals surface area contributed by atoms with Crippen molar-refractivity contribution in [1.29, 1.82) is 0 Å².